The van der Waals surface area contributed by atoms with Gasteiger partial charge in [-0.15, -0.1) is 0 Å². The van der Waals surface area contributed by atoms with Gasteiger partial charge in [-0.25, -0.2) is 4.98 Å². The molecule has 4 rings (SSSR count). The number of Topliss-reactive ketones (excluding diaryl/α,β-unsaturated/α-hetero) is 1. The molecule has 5 amide bonds. The summed E-state index contributed by atoms with van der Waals surface area (Å²) in [7, 11) is 0. The largest absolute Gasteiger partial charge is 0.347 e. The number of ketones is 1. The highest BCUT2D eigenvalue weighted by Gasteiger charge is 2.42. The van der Waals surface area contributed by atoms with Gasteiger partial charge in [0.15, 0.2) is 0 Å². The highest BCUT2D eigenvalue weighted by Crippen LogP contribution is 2.30. The van der Waals surface area contributed by atoms with E-state index in [1.165, 1.54) is 23.5 Å². The van der Waals surface area contributed by atoms with Crippen molar-refractivity contribution in [3.05, 3.63) is 24.3 Å². The quantitative estimate of drug-likeness (QED) is 0.206. The lowest BCUT2D eigenvalue weighted by Crippen LogP contribution is -2.62. The molecule has 0 aliphatic heterocycles. The van der Waals surface area contributed by atoms with Crippen LogP contribution in [0.25, 0.3) is 0 Å². The number of hydrogen-bond acceptors (Lipinski definition) is 8. The number of rotatable bonds is 15. The summed E-state index contributed by atoms with van der Waals surface area (Å²) >= 11 is 0. The van der Waals surface area contributed by atoms with Gasteiger partial charge >= 0.3 is 0 Å². The first-order valence-corrected chi connectivity index (χ1v) is 17.7. The molecule has 0 aromatic carbocycles. The second-order valence-corrected chi connectivity index (χ2v) is 14.7. The van der Waals surface area contributed by atoms with Crippen molar-refractivity contribution in [3.8, 4) is 0 Å². The molecular weight excluding hydrogens is 614 g/mol. The van der Waals surface area contributed by atoms with Crippen LogP contribution in [-0.4, -0.2) is 86.9 Å². The number of carbonyl (C=O) groups is 6. The lowest BCUT2D eigenvalue weighted by atomic mass is 9.82. The summed E-state index contributed by atoms with van der Waals surface area (Å²) in [5.74, 6) is -3.40. The number of carbonyl (C=O) groups excluding carboxylic acids is 6. The fourth-order valence-electron chi connectivity index (χ4n) is 6.74. The number of nitrogens with one attached hydrogen (secondary N) is 4. The zero-order valence-electron chi connectivity index (χ0n) is 28.9. The van der Waals surface area contributed by atoms with Gasteiger partial charge in [0.05, 0.1) is 18.8 Å². The van der Waals surface area contributed by atoms with Crippen LogP contribution in [0.3, 0.4) is 0 Å². The molecule has 1 aromatic rings. The maximum Gasteiger partial charge on any atom is 0.289 e. The van der Waals surface area contributed by atoms with E-state index >= 15 is 0 Å². The highest BCUT2D eigenvalue weighted by molar-refractivity contribution is 6.38. The lowest BCUT2D eigenvalue weighted by Gasteiger charge is -2.39. The molecule has 0 spiro atoms. The van der Waals surface area contributed by atoms with E-state index in [1.807, 2.05) is 27.7 Å². The molecule has 4 N–H and O–H groups in total. The van der Waals surface area contributed by atoms with Gasteiger partial charge in [-0.05, 0) is 56.3 Å². The van der Waals surface area contributed by atoms with Crippen molar-refractivity contribution in [2.24, 2.45) is 11.3 Å². The average Bonchev–Trinajstić information content (AvgIpc) is 3.72. The monoisotopic (exact) mass is 667 g/mol. The summed E-state index contributed by atoms with van der Waals surface area (Å²) < 4.78 is 0. The van der Waals surface area contributed by atoms with E-state index in [9.17, 15) is 28.8 Å². The highest BCUT2D eigenvalue weighted by atomic mass is 16.2. The summed E-state index contributed by atoms with van der Waals surface area (Å²) in [5.41, 5.74) is -0.647. The van der Waals surface area contributed by atoms with Crippen LogP contribution in [0.2, 0.25) is 0 Å². The number of aromatic nitrogens is 2. The molecule has 3 aliphatic carbocycles. The molecule has 2 unspecified atom stereocenters. The molecule has 0 bridgehead atoms. The molecule has 1 aromatic heterocycles. The normalized spacial score (nSPS) is 19.0. The molecule has 1 heterocycles. The van der Waals surface area contributed by atoms with E-state index < -0.39 is 58.9 Å². The molecule has 13 heteroatoms. The summed E-state index contributed by atoms with van der Waals surface area (Å²) in [6.07, 6.45) is 14.4. The minimum Gasteiger partial charge on any atom is -0.347 e. The van der Waals surface area contributed by atoms with Crippen LogP contribution in [0.5, 0.6) is 0 Å². The van der Waals surface area contributed by atoms with Gasteiger partial charge in [-0.1, -0.05) is 66.2 Å². The zero-order chi connectivity index (χ0) is 34.8. The molecule has 0 saturated heterocycles. The van der Waals surface area contributed by atoms with Crippen molar-refractivity contribution in [1.82, 2.24) is 36.1 Å². The van der Waals surface area contributed by atoms with Gasteiger partial charge in [0.2, 0.25) is 23.5 Å². The summed E-state index contributed by atoms with van der Waals surface area (Å²) in [4.78, 5) is 90.2. The Morgan fingerprint density at radius 1 is 0.875 bits per heavy atom. The van der Waals surface area contributed by atoms with Gasteiger partial charge in [0.25, 0.3) is 11.8 Å². The van der Waals surface area contributed by atoms with Crippen molar-refractivity contribution in [1.29, 1.82) is 0 Å². The fraction of sp³-hybridized carbons (Fsp3) is 0.714. The van der Waals surface area contributed by atoms with Crippen LogP contribution in [-0.2, 0) is 24.0 Å². The minimum atomic E-state index is -1.00. The minimum absolute atomic E-state index is 0.0116. The van der Waals surface area contributed by atoms with Gasteiger partial charge in [-0.3, -0.25) is 33.8 Å². The Labute approximate surface area is 283 Å². The Hall–Kier alpha value is -3.90. The Bertz CT molecular complexity index is 1300. The smallest absolute Gasteiger partial charge is 0.289 e. The van der Waals surface area contributed by atoms with E-state index in [-0.39, 0.29) is 30.2 Å². The second-order valence-electron chi connectivity index (χ2n) is 14.7. The van der Waals surface area contributed by atoms with Crippen LogP contribution in [0.4, 0.5) is 0 Å². The van der Waals surface area contributed by atoms with Gasteiger partial charge < -0.3 is 26.2 Å². The lowest BCUT2D eigenvalue weighted by molar-refractivity contribution is -0.145. The third kappa shape index (κ3) is 10.3. The van der Waals surface area contributed by atoms with Crippen LogP contribution in [0.1, 0.15) is 122 Å². The van der Waals surface area contributed by atoms with Crippen LogP contribution in [0.15, 0.2) is 18.6 Å². The Morgan fingerprint density at radius 2 is 1.54 bits per heavy atom. The molecule has 13 nitrogen and oxygen atoms in total. The van der Waals surface area contributed by atoms with E-state index in [1.54, 1.807) is 0 Å². The molecule has 3 aliphatic rings. The van der Waals surface area contributed by atoms with E-state index in [0.717, 1.165) is 57.8 Å². The van der Waals surface area contributed by atoms with Crippen molar-refractivity contribution in [2.45, 2.75) is 141 Å². The number of hydrogen-bond donors (Lipinski definition) is 4. The van der Waals surface area contributed by atoms with Gasteiger partial charge in [0, 0.05) is 24.5 Å². The number of amides is 5. The van der Waals surface area contributed by atoms with E-state index in [2.05, 4.69) is 31.2 Å². The predicted octanol–water partition coefficient (Wildman–Crippen LogP) is 2.59. The standard InChI is InChI=1S/C35H53N7O6/c1-5-11-25(29(44)33(47)38-23-16-17-23)39-27(43)21-42(24-14-9-10-15-24)34(48)30(35(2,3)4)41-32(46)28(22-12-7-6-8-13-22)40-31(45)26-20-36-18-19-37-26/h18-20,22-25,28,30H,5-17,21H2,1-4H3,(H,38,47)(H,39,43)(H,40,45)(H,41,46)/t25-,28?,30?/m0/s1. The SMILES string of the molecule is CCC[C@H](NC(=O)CN(C(=O)C(NC(=O)C(NC(=O)c1cnccn1)C1CCCCC1)C(C)(C)C)C1CCCC1)C(=O)C(=O)NC1CC1. The number of nitrogens with zero attached hydrogens (tertiary/aromatic N) is 3. The molecule has 3 fully saturated rings. The molecule has 3 saturated carbocycles. The maximum absolute atomic E-state index is 14.5. The Kier molecular flexibility index (Phi) is 13.1. The first-order chi connectivity index (χ1) is 22.9. The van der Waals surface area contributed by atoms with Gasteiger partial charge in [-0.2, -0.15) is 0 Å². The van der Waals surface area contributed by atoms with Gasteiger partial charge in [0.1, 0.15) is 17.8 Å². The second kappa shape index (κ2) is 17.0. The van der Waals surface area contributed by atoms with E-state index in [4.69, 9.17) is 0 Å². The van der Waals surface area contributed by atoms with Crippen molar-refractivity contribution >= 4 is 35.3 Å². The first kappa shape index (κ1) is 36.9. The molecule has 0 radical (unpaired) electrons. The van der Waals surface area contributed by atoms with E-state index in [0.29, 0.717) is 25.7 Å². The Morgan fingerprint density at radius 3 is 2.12 bits per heavy atom. The average molecular weight is 668 g/mol. The topological polar surface area (TPSA) is 180 Å². The molecular formula is C35H53N7O6. The predicted molar refractivity (Wildman–Crippen MR) is 178 cm³/mol. The summed E-state index contributed by atoms with van der Waals surface area (Å²) in [6, 6.07) is -3.08. The molecule has 48 heavy (non-hydrogen) atoms. The molecule has 264 valence electrons. The first-order valence-electron chi connectivity index (χ1n) is 17.7. The molecule has 3 atom stereocenters. The van der Waals surface area contributed by atoms with Crippen LogP contribution >= 0.6 is 0 Å². The van der Waals surface area contributed by atoms with Crippen molar-refractivity contribution < 1.29 is 28.8 Å². The third-order valence-corrected chi connectivity index (χ3v) is 9.61. The van der Waals surface area contributed by atoms with Crippen LogP contribution in [0, 0.1) is 11.3 Å². The Balaban J connectivity index is 1.52. The zero-order valence-corrected chi connectivity index (χ0v) is 28.9. The van der Waals surface area contributed by atoms with Crippen molar-refractivity contribution in [2.75, 3.05) is 6.54 Å². The fourth-order valence-corrected chi connectivity index (χ4v) is 6.74. The van der Waals surface area contributed by atoms with Crippen molar-refractivity contribution in [3.63, 3.8) is 0 Å². The third-order valence-electron chi connectivity index (χ3n) is 9.61. The maximum atomic E-state index is 14.5. The summed E-state index contributed by atoms with van der Waals surface area (Å²) in [5, 5.41) is 11.3. The summed E-state index contributed by atoms with van der Waals surface area (Å²) in [6.45, 7) is 7.12. The van der Waals surface area contributed by atoms with Crippen LogP contribution < -0.4 is 21.3 Å².